The number of phenols is 1. The molecular formula is C17H17FN2O4. The van der Waals surface area contributed by atoms with Crippen molar-refractivity contribution in [3.63, 3.8) is 0 Å². The van der Waals surface area contributed by atoms with E-state index in [2.05, 4.69) is 10.6 Å². The third-order valence-electron chi connectivity index (χ3n) is 3.38. The zero-order valence-corrected chi connectivity index (χ0v) is 13.2. The van der Waals surface area contributed by atoms with Crippen molar-refractivity contribution in [2.24, 2.45) is 0 Å². The number of anilines is 1. The first-order chi connectivity index (χ1) is 11.4. The number of hydrogen-bond acceptors (Lipinski definition) is 4. The van der Waals surface area contributed by atoms with Crippen molar-refractivity contribution in [1.29, 1.82) is 0 Å². The molecule has 0 saturated carbocycles. The molecule has 0 aliphatic rings. The fourth-order valence-electron chi connectivity index (χ4n) is 2.09. The van der Waals surface area contributed by atoms with Crippen molar-refractivity contribution in [1.82, 2.24) is 5.32 Å². The minimum Gasteiger partial charge on any atom is -0.508 e. The topological polar surface area (TPSA) is 87.7 Å². The molecule has 0 aliphatic carbocycles. The normalized spacial score (nSPS) is 11.5. The summed E-state index contributed by atoms with van der Waals surface area (Å²) in [4.78, 5) is 23.8. The number of benzene rings is 2. The lowest BCUT2D eigenvalue weighted by molar-refractivity contribution is -0.136. The Bertz CT molecular complexity index is 764. The molecule has 2 rings (SSSR count). The van der Waals surface area contributed by atoms with Gasteiger partial charge in [-0.1, -0.05) is 12.1 Å². The Morgan fingerprint density at radius 2 is 1.88 bits per heavy atom. The number of rotatable bonds is 4. The van der Waals surface area contributed by atoms with Gasteiger partial charge in [0.05, 0.1) is 18.8 Å². The van der Waals surface area contributed by atoms with Crippen LogP contribution in [0.2, 0.25) is 0 Å². The molecule has 2 aromatic carbocycles. The number of carbonyl (C=O) groups excluding carboxylic acids is 2. The van der Waals surface area contributed by atoms with Crippen LogP contribution in [0.4, 0.5) is 10.1 Å². The molecule has 24 heavy (non-hydrogen) atoms. The van der Waals surface area contributed by atoms with Gasteiger partial charge in [-0.25, -0.2) is 4.39 Å². The van der Waals surface area contributed by atoms with Crippen LogP contribution in [-0.4, -0.2) is 24.0 Å². The van der Waals surface area contributed by atoms with Gasteiger partial charge < -0.3 is 20.5 Å². The third-order valence-corrected chi connectivity index (χ3v) is 3.38. The second kappa shape index (κ2) is 7.45. The van der Waals surface area contributed by atoms with E-state index in [1.54, 1.807) is 19.1 Å². The zero-order chi connectivity index (χ0) is 17.7. The van der Waals surface area contributed by atoms with Crippen LogP contribution in [0.1, 0.15) is 18.5 Å². The van der Waals surface area contributed by atoms with E-state index < -0.39 is 23.7 Å². The van der Waals surface area contributed by atoms with E-state index in [4.69, 9.17) is 4.74 Å². The lowest BCUT2D eigenvalue weighted by Gasteiger charge is -2.16. The minimum absolute atomic E-state index is 0.0434. The molecule has 3 N–H and O–H groups in total. The summed E-state index contributed by atoms with van der Waals surface area (Å²) in [7, 11) is 1.47. The number of para-hydroxylation sites is 1. The molecule has 6 nitrogen and oxygen atoms in total. The van der Waals surface area contributed by atoms with Crippen molar-refractivity contribution in [2.45, 2.75) is 13.0 Å². The van der Waals surface area contributed by atoms with Crippen molar-refractivity contribution in [2.75, 3.05) is 12.4 Å². The van der Waals surface area contributed by atoms with Gasteiger partial charge in [-0.05, 0) is 37.3 Å². The van der Waals surface area contributed by atoms with E-state index in [-0.39, 0.29) is 11.4 Å². The van der Waals surface area contributed by atoms with Crippen LogP contribution in [-0.2, 0) is 9.59 Å². The van der Waals surface area contributed by atoms with Gasteiger partial charge in [-0.15, -0.1) is 0 Å². The van der Waals surface area contributed by atoms with Crippen molar-refractivity contribution in [3.8, 4) is 11.5 Å². The van der Waals surface area contributed by atoms with Crippen LogP contribution < -0.4 is 15.4 Å². The smallest absolute Gasteiger partial charge is 0.313 e. The zero-order valence-electron chi connectivity index (χ0n) is 13.2. The van der Waals surface area contributed by atoms with Gasteiger partial charge in [0.1, 0.15) is 17.3 Å². The average Bonchev–Trinajstić information content (AvgIpc) is 2.57. The summed E-state index contributed by atoms with van der Waals surface area (Å²) in [6.07, 6.45) is 0. The average molecular weight is 332 g/mol. The molecule has 0 saturated heterocycles. The summed E-state index contributed by atoms with van der Waals surface area (Å²) in [6, 6.07) is 9.41. The first kappa shape index (κ1) is 17.3. The second-order valence-corrected chi connectivity index (χ2v) is 5.05. The Kier molecular flexibility index (Phi) is 5.36. The van der Waals surface area contributed by atoms with E-state index >= 15 is 0 Å². The molecule has 0 aliphatic heterocycles. The summed E-state index contributed by atoms with van der Waals surface area (Å²) < 4.78 is 18.5. The van der Waals surface area contributed by atoms with E-state index in [0.717, 1.165) is 0 Å². The summed E-state index contributed by atoms with van der Waals surface area (Å²) >= 11 is 0. The fourth-order valence-corrected chi connectivity index (χ4v) is 2.09. The molecule has 0 heterocycles. The first-order valence-corrected chi connectivity index (χ1v) is 7.15. The van der Waals surface area contributed by atoms with Gasteiger partial charge >= 0.3 is 11.8 Å². The molecule has 1 atom stereocenters. The van der Waals surface area contributed by atoms with Crippen molar-refractivity contribution < 1.29 is 23.8 Å². The Morgan fingerprint density at radius 3 is 2.54 bits per heavy atom. The lowest BCUT2D eigenvalue weighted by atomic mass is 10.1. The molecule has 7 heteroatoms. The number of phenolic OH excluding ortho intramolecular Hbond substituents is 1. The van der Waals surface area contributed by atoms with E-state index in [1.807, 2.05) is 0 Å². The predicted molar refractivity (Wildman–Crippen MR) is 86.2 cm³/mol. The molecule has 0 fully saturated rings. The third kappa shape index (κ3) is 4.01. The maximum atomic E-state index is 13.5. The quantitative estimate of drug-likeness (QED) is 0.750. The lowest BCUT2D eigenvalue weighted by Crippen LogP contribution is -2.37. The Labute approximate surface area is 138 Å². The van der Waals surface area contributed by atoms with Crippen LogP contribution in [0.15, 0.2) is 42.5 Å². The number of carbonyl (C=O) groups is 2. The van der Waals surface area contributed by atoms with Crippen LogP contribution in [0.5, 0.6) is 11.5 Å². The maximum absolute atomic E-state index is 13.5. The number of amides is 2. The minimum atomic E-state index is -1.01. The number of nitrogens with one attached hydrogen (secondary N) is 2. The molecule has 1 unspecified atom stereocenters. The Hall–Kier alpha value is -3.09. The van der Waals surface area contributed by atoms with E-state index in [0.29, 0.717) is 11.3 Å². The van der Waals surface area contributed by atoms with Gasteiger partial charge in [-0.2, -0.15) is 0 Å². The predicted octanol–water partition coefficient (Wildman–Crippen LogP) is 2.36. The molecule has 0 radical (unpaired) electrons. The summed E-state index contributed by atoms with van der Waals surface area (Å²) in [6.45, 7) is 1.60. The van der Waals surface area contributed by atoms with Crippen LogP contribution in [0.25, 0.3) is 0 Å². The second-order valence-electron chi connectivity index (χ2n) is 5.05. The summed E-state index contributed by atoms with van der Waals surface area (Å²) in [5, 5.41) is 14.5. The highest BCUT2D eigenvalue weighted by molar-refractivity contribution is 6.39. The van der Waals surface area contributed by atoms with Gasteiger partial charge in [0, 0.05) is 5.56 Å². The van der Waals surface area contributed by atoms with E-state index in [1.165, 1.54) is 37.4 Å². The fraction of sp³-hybridized carbons (Fsp3) is 0.176. The number of hydrogen-bond donors (Lipinski definition) is 3. The van der Waals surface area contributed by atoms with Gasteiger partial charge in [0.2, 0.25) is 0 Å². The molecule has 0 spiro atoms. The molecule has 2 aromatic rings. The van der Waals surface area contributed by atoms with Crippen LogP contribution >= 0.6 is 0 Å². The van der Waals surface area contributed by atoms with Crippen LogP contribution in [0, 0.1) is 5.82 Å². The van der Waals surface area contributed by atoms with E-state index in [9.17, 15) is 19.1 Å². The van der Waals surface area contributed by atoms with Gasteiger partial charge in [0.25, 0.3) is 0 Å². The van der Waals surface area contributed by atoms with Gasteiger partial charge in [0.15, 0.2) is 0 Å². The van der Waals surface area contributed by atoms with Gasteiger partial charge in [-0.3, -0.25) is 9.59 Å². The largest absolute Gasteiger partial charge is 0.508 e. The van der Waals surface area contributed by atoms with Crippen molar-refractivity contribution in [3.05, 3.63) is 53.8 Å². The summed E-state index contributed by atoms with van der Waals surface area (Å²) in [5.74, 6) is -2.14. The molecule has 126 valence electrons. The number of ether oxygens (including phenoxy) is 1. The number of halogens is 1. The van der Waals surface area contributed by atoms with Crippen molar-refractivity contribution >= 4 is 17.5 Å². The highest BCUT2D eigenvalue weighted by Gasteiger charge is 2.20. The number of aromatic hydroxyl groups is 1. The molecule has 2 amide bonds. The molecular weight excluding hydrogens is 315 g/mol. The highest BCUT2D eigenvalue weighted by atomic mass is 19.1. The monoisotopic (exact) mass is 332 g/mol. The Morgan fingerprint density at radius 1 is 1.17 bits per heavy atom. The SMILES string of the molecule is COc1ccc(O)c(C(C)NC(=O)C(=O)Nc2ccccc2F)c1. The highest BCUT2D eigenvalue weighted by Crippen LogP contribution is 2.28. The standard InChI is InChI=1S/C17H17FN2O4/c1-10(12-9-11(24-2)7-8-15(12)21)19-16(22)17(23)20-14-6-4-3-5-13(14)18/h3-10,21H,1-2H3,(H,19,22)(H,20,23). The maximum Gasteiger partial charge on any atom is 0.313 e. The molecule has 0 bridgehead atoms. The van der Waals surface area contributed by atoms with Crippen LogP contribution in [0.3, 0.4) is 0 Å². The first-order valence-electron chi connectivity index (χ1n) is 7.15. The molecule has 0 aromatic heterocycles. The summed E-state index contributed by atoms with van der Waals surface area (Å²) in [5.41, 5.74) is 0.302. The number of methoxy groups -OCH3 is 1. The Balaban J connectivity index is 2.06.